The first kappa shape index (κ1) is 20.8. The van der Waals surface area contributed by atoms with Crippen LogP contribution in [0.1, 0.15) is 24.4 Å². The maximum Gasteiger partial charge on any atom is 0.123 e. The van der Waals surface area contributed by atoms with Gasteiger partial charge in [-0.05, 0) is 36.7 Å². The standard InChI is InChI=1S/C28H27N3P/c1-21(29-20-28-30-25-17-9-10-18-26(25)31(28)2)24-16-11-19-27(24)32(22-12-5-3-6-13-22)23-14-7-4-8-15-23/h3-19,21,29H,20H2,1-2H3/q-1/t21-/m0/s1. The van der Waals surface area contributed by atoms with E-state index in [-0.39, 0.29) is 6.04 Å². The third kappa shape index (κ3) is 4.02. The highest BCUT2D eigenvalue weighted by atomic mass is 31.1. The molecule has 0 aliphatic carbocycles. The van der Waals surface area contributed by atoms with E-state index in [0.717, 1.165) is 17.9 Å². The van der Waals surface area contributed by atoms with Gasteiger partial charge in [0, 0.05) is 7.05 Å². The number of nitrogens with zero attached hydrogens (tertiary/aromatic N) is 2. The molecule has 5 rings (SSSR count). The molecule has 4 aromatic carbocycles. The number of benzene rings is 3. The number of nitrogens with one attached hydrogen (secondary N) is 1. The van der Waals surface area contributed by atoms with Crippen LogP contribution in [0.4, 0.5) is 0 Å². The highest BCUT2D eigenvalue weighted by Gasteiger charge is 2.17. The fourth-order valence-corrected chi connectivity index (χ4v) is 6.84. The molecule has 1 atom stereocenters. The summed E-state index contributed by atoms with van der Waals surface area (Å²) in [4.78, 5) is 4.82. The van der Waals surface area contributed by atoms with Gasteiger partial charge in [-0.15, -0.1) is 10.9 Å². The lowest BCUT2D eigenvalue weighted by Crippen LogP contribution is -2.27. The monoisotopic (exact) mass is 436 g/mol. The summed E-state index contributed by atoms with van der Waals surface area (Å²) < 4.78 is 2.18. The maximum absolute atomic E-state index is 4.82. The van der Waals surface area contributed by atoms with E-state index in [2.05, 4.69) is 121 Å². The van der Waals surface area contributed by atoms with Crippen molar-refractivity contribution in [2.75, 3.05) is 0 Å². The molecule has 1 heterocycles. The number of fused-ring (bicyclic) bond motifs is 1. The van der Waals surface area contributed by atoms with Crippen LogP contribution >= 0.6 is 7.92 Å². The number of hydrogen-bond acceptors (Lipinski definition) is 2. The second-order valence-corrected chi connectivity index (χ2v) is 10.2. The molecular formula is C28H27N3P-. The Balaban J connectivity index is 1.44. The Bertz CT molecular complexity index is 1270. The minimum atomic E-state index is -0.611. The second-order valence-electron chi connectivity index (χ2n) is 8.05. The molecule has 0 spiro atoms. The van der Waals surface area contributed by atoms with Crippen LogP contribution in [0, 0.1) is 0 Å². The molecule has 0 amide bonds. The first-order valence-electron chi connectivity index (χ1n) is 11.0. The Labute approximate surface area is 190 Å². The van der Waals surface area contributed by atoms with Gasteiger partial charge in [0.05, 0.1) is 17.6 Å². The Morgan fingerprint density at radius 1 is 0.844 bits per heavy atom. The van der Waals surface area contributed by atoms with Crippen LogP contribution in [0.25, 0.3) is 11.0 Å². The summed E-state index contributed by atoms with van der Waals surface area (Å²) in [5.41, 5.74) is 3.58. The smallest absolute Gasteiger partial charge is 0.123 e. The van der Waals surface area contributed by atoms with Gasteiger partial charge < -0.3 is 9.88 Å². The SMILES string of the molecule is C[C@H](NCc1nc2ccccc2n1C)[c-]1cccc1P(c1ccccc1)c1ccccc1. The van der Waals surface area contributed by atoms with Crippen molar-refractivity contribution in [3.63, 3.8) is 0 Å². The Kier molecular flexibility index (Phi) is 5.94. The van der Waals surface area contributed by atoms with Gasteiger partial charge in [-0.25, -0.2) is 17.1 Å². The number of aromatic nitrogens is 2. The molecule has 0 radical (unpaired) electrons. The highest BCUT2D eigenvalue weighted by Crippen LogP contribution is 2.36. The Morgan fingerprint density at radius 3 is 2.12 bits per heavy atom. The quantitative estimate of drug-likeness (QED) is 0.291. The van der Waals surface area contributed by atoms with E-state index in [9.17, 15) is 0 Å². The third-order valence-electron chi connectivity index (χ3n) is 6.01. The molecule has 160 valence electrons. The first-order chi connectivity index (χ1) is 15.7. The second kappa shape index (κ2) is 9.16. The van der Waals surface area contributed by atoms with Crippen LogP contribution in [-0.4, -0.2) is 9.55 Å². The van der Waals surface area contributed by atoms with Gasteiger partial charge in [0.2, 0.25) is 0 Å². The van der Waals surface area contributed by atoms with E-state index in [1.165, 1.54) is 27.0 Å². The molecule has 32 heavy (non-hydrogen) atoms. The van der Waals surface area contributed by atoms with Crippen molar-refractivity contribution in [3.05, 3.63) is 115 Å². The Hall–Kier alpha value is -3.13. The molecular weight excluding hydrogens is 409 g/mol. The van der Waals surface area contributed by atoms with Crippen molar-refractivity contribution < 1.29 is 0 Å². The lowest BCUT2D eigenvalue weighted by atomic mass is 10.2. The molecule has 0 bridgehead atoms. The van der Waals surface area contributed by atoms with Crippen LogP contribution in [0.15, 0.2) is 103 Å². The van der Waals surface area contributed by atoms with E-state index in [4.69, 9.17) is 4.98 Å². The number of aryl methyl sites for hydroxylation is 1. The van der Waals surface area contributed by atoms with Crippen LogP contribution < -0.4 is 21.2 Å². The fourth-order valence-electron chi connectivity index (χ4n) is 4.28. The van der Waals surface area contributed by atoms with Crippen LogP contribution in [0.5, 0.6) is 0 Å². The molecule has 4 heteroatoms. The predicted molar refractivity (Wildman–Crippen MR) is 137 cm³/mol. The normalized spacial score (nSPS) is 12.5. The average molecular weight is 437 g/mol. The summed E-state index contributed by atoms with van der Waals surface area (Å²) in [5, 5.41) is 7.90. The molecule has 5 aromatic rings. The Morgan fingerprint density at radius 2 is 1.47 bits per heavy atom. The van der Waals surface area contributed by atoms with Gasteiger partial charge in [-0.2, -0.15) is 6.07 Å². The molecule has 0 unspecified atom stereocenters. The summed E-state index contributed by atoms with van der Waals surface area (Å²) in [6.07, 6.45) is 0. The summed E-state index contributed by atoms with van der Waals surface area (Å²) in [6.45, 7) is 2.98. The number of rotatable bonds is 7. The topological polar surface area (TPSA) is 29.9 Å². The van der Waals surface area contributed by atoms with Crippen molar-refractivity contribution in [2.45, 2.75) is 19.5 Å². The van der Waals surface area contributed by atoms with Gasteiger partial charge in [0.25, 0.3) is 0 Å². The third-order valence-corrected chi connectivity index (χ3v) is 8.53. The summed E-state index contributed by atoms with van der Waals surface area (Å²) in [5.74, 6) is 1.06. The number of hydrogen-bond donors (Lipinski definition) is 1. The minimum Gasteiger partial charge on any atom is -0.330 e. The van der Waals surface area contributed by atoms with Crippen molar-refractivity contribution in [1.29, 1.82) is 0 Å². The van der Waals surface area contributed by atoms with E-state index in [1.807, 2.05) is 6.07 Å². The molecule has 0 saturated heterocycles. The van der Waals surface area contributed by atoms with E-state index >= 15 is 0 Å². The zero-order valence-electron chi connectivity index (χ0n) is 18.4. The first-order valence-corrected chi connectivity index (χ1v) is 12.4. The molecule has 0 aliphatic rings. The largest absolute Gasteiger partial charge is 0.330 e. The van der Waals surface area contributed by atoms with Gasteiger partial charge in [0.1, 0.15) is 5.82 Å². The number of para-hydroxylation sites is 2. The zero-order chi connectivity index (χ0) is 21.9. The molecule has 0 aliphatic heterocycles. The van der Waals surface area contributed by atoms with Crippen LogP contribution in [-0.2, 0) is 13.6 Å². The van der Waals surface area contributed by atoms with Gasteiger partial charge >= 0.3 is 0 Å². The van der Waals surface area contributed by atoms with E-state index in [1.54, 1.807) is 0 Å². The van der Waals surface area contributed by atoms with Crippen LogP contribution in [0.2, 0.25) is 0 Å². The van der Waals surface area contributed by atoms with E-state index in [0.29, 0.717) is 0 Å². The number of imidazole rings is 1. The van der Waals surface area contributed by atoms with Crippen molar-refractivity contribution in [3.8, 4) is 0 Å². The zero-order valence-corrected chi connectivity index (χ0v) is 19.3. The molecule has 0 fully saturated rings. The summed E-state index contributed by atoms with van der Waals surface area (Å²) >= 11 is 0. The van der Waals surface area contributed by atoms with Gasteiger partial charge in [0.15, 0.2) is 0 Å². The lowest BCUT2D eigenvalue weighted by Gasteiger charge is -2.28. The minimum absolute atomic E-state index is 0.220. The van der Waals surface area contributed by atoms with Gasteiger partial charge in [-0.3, -0.25) is 0 Å². The summed E-state index contributed by atoms with van der Waals surface area (Å²) in [7, 11) is 1.48. The molecule has 1 N–H and O–H groups in total. The molecule has 3 nitrogen and oxygen atoms in total. The van der Waals surface area contributed by atoms with E-state index < -0.39 is 7.92 Å². The van der Waals surface area contributed by atoms with Crippen molar-refractivity contribution >= 4 is 34.9 Å². The highest BCUT2D eigenvalue weighted by molar-refractivity contribution is 7.79. The lowest BCUT2D eigenvalue weighted by molar-refractivity contribution is 0.554. The fraction of sp³-hybridized carbons (Fsp3) is 0.143. The van der Waals surface area contributed by atoms with Crippen LogP contribution in [0.3, 0.4) is 0 Å². The maximum atomic E-state index is 4.82. The molecule has 1 aromatic heterocycles. The average Bonchev–Trinajstić information content (AvgIpc) is 3.44. The predicted octanol–water partition coefficient (Wildman–Crippen LogP) is 4.90. The molecule has 0 saturated carbocycles. The summed E-state index contributed by atoms with van der Waals surface area (Å²) in [6, 6.07) is 37.1. The van der Waals surface area contributed by atoms with Gasteiger partial charge in [-0.1, -0.05) is 79.7 Å². The van der Waals surface area contributed by atoms with Crippen molar-refractivity contribution in [1.82, 2.24) is 14.9 Å². The van der Waals surface area contributed by atoms with Crippen molar-refractivity contribution in [2.24, 2.45) is 7.05 Å².